The lowest BCUT2D eigenvalue weighted by atomic mass is 10.2. The number of hydrogen-bond acceptors (Lipinski definition) is 3. The van der Waals surface area contributed by atoms with Gasteiger partial charge in [0.2, 0.25) is 0 Å². The largest absolute Gasteiger partial charge is 0.382 e. The highest BCUT2D eigenvalue weighted by Crippen LogP contribution is 2.19. The molecule has 1 heterocycles. The van der Waals surface area contributed by atoms with Gasteiger partial charge in [-0.1, -0.05) is 6.07 Å². The maximum atomic E-state index is 13.6. The van der Waals surface area contributed by atoms with Gasteiger partial charge in [0.05, 0.1) is 11.3 Å². The molecule has 1 N–H and O–H groups in total. The number of nitrogens with one attached hydrogen (secondary N) is 1. The number of rotatable bonds is 4. The number of pyridine rings is 1. The van der Waals surface area contributed by atoms with E-state index in [2.05, 4.69) is 10.3 Å². The smallest absolute Gasteiger partial charge is 0.183 e. The minimum atomic E-state index is -1.12. The molecule has 1 aromatic carbocycles. The summed E-state index contributed by atoms with van der Waals surface area (Å²) < 4.78 is 26.9. The van der Waals surface area contributed by atoms with E-state index in [4.69, 9.17) is 5.26 Å². The van der Waals surface area contributed by atoms with Crippen LogP contribution in [0.25, 0.3) is 0 Å². The van der Waals surface area contributed by atoms with Gasteiger partial charge < -0.3 is 5.32 Å². The zero-order valence-electron chi connectivity index (χ0n) is 10.0. The molecule has 0 spiro atoms. The lowest BCUT2D eigenvalue weighted by Crippen LogP contribution is -2.08. The van der Waals surface area contributed by atoms with E-state index >= 15 is 0 Å². The fraction of sp³-hybridized carbons (Fsp3) is 0.143. The molecular weight excluding hydrogens is 248 g/mol. The zero-order chi connectivity index (χ0) is 13.7. The summed E-state index contributed by atoms with van der Waals surface area (Å²) in [5.74, 6) is -2.15. The van der Waals surface area contributed by atoms with Gasteiger partial charge in [0.1, 0.15) is 6.07 Å². The van der Waals surface area contributed by atoms with E-state index in [1.165, 1.54) is 12.1 Å². The van der Waals surface area contributed by atoms with E-state index in [-0.39, 0.29) is 11.3 Å². The average Bonchev–Trinajstić information content (AvgIpc) is 2.45. The van der Waals surface area contributed by atoms with Crippen LogP contribution < -0.4 is 5.32 Å². The zero-order valence-corrected chi connectivity index (χ0v) is 10.0. The van der Waals surface area contributed by atoms with Crippen LogP contribution in [0, 0.1) is 23.0 Å². The molecule has 0 aliphatic carbocycles. The third-order valence-electron chi connectivity index (χ3n) is 2.63. The Kier molecular flexibility index (Phi) is 4.04. The highest BCUT2D eigenvalue weighted by molar-refractivity contribution is 5.49. The van der Waals surface area contributed by atoms with Crippen LogP contribution in [0.4, 0.5) is 14.5 Å². The molecule has 0 fully saturated rings. The Morgan fingerprint density at radius 3 is 2.68 bits per heavy atom. The van der Waals surface area contributed by atoms with Crippen molar-refractivity contribution >= 4 is 5.69 Å². The molecule has 0 unspecified atom stereocenters. The molecule has 0 amide bonds. The molecular formula is C14H11F2N3. The van der Waals surface area contributed by atoms with Crippen molar-refractivity contribution in [2.75, 3.05) is 11.9 Å². The number of nitrogens with zero attached hydrogens (tertiary/aromatic N) is 2. The highest BCUT2D eigenvalue weighted by Gasteiger charge is 2.12. The van der Waals surface area contributed by atoms with Crippen molar-refractivity contribution in [3.8, 4) is 6.07 Å². The van der Waals surface area contributed by atoms with Gasteiger partial charge in [0.15, 0.2) is 11.6 Å². The average molecular weight is 259 g/mol. The van der Waals surface area contributed by atoms with Crippen LogP contribution in [0.3, 0.4) is 0 Å². The van der Waals surface area contributed by atoms with Gasteiger partial charge >= 0.3 is 0 Å². The molecule has 0 aliphatic rings. The molecule has 0 bridgehead atoms. The Labute approximate surface area is 109 Å². The third-order valence-corrected chi connectivity index (χ3v) is 2.63. The second-order valence-corrected chi connectivity index (χ2v) is 3.90. The molecule has 5 heteroatoms. The first kappa shape index (κ1) is 13.0. The van der Waals surface area contributed by atoms with E-state index < -0.39 is 11.6 Å². The molecule has 0 atom stereocenters. The Morgan fingerprint density at radius 1 is 1.16 bits per heavy atom. The molecule has 0 aliphatic heterocycles. The van der Waals surface area contributed by atoms with Crippen molar-refractivity contribution < 1.29 is 8.78 Å². The minimum absolute atomic E-state index is 0.0485. The van der Waals surface area contributed by atoms with Gasteiger partial charge in [-0.25, -0.2) is 8.78 Å². The van der Waals surface area contributed by atoms with Gasteiger partial charge in [0, 0.05) is 24.9 Å². The standard InChI is InChI=1S/C14H11F2N3/c15-13-10(9-17)4-5-12(14(13)16)19-8-6-11-3-1-2-7-18-11/h1-5,7,19H,6,8H2. The van der Waals surface area contributed by atoms with Gasteiger partial charge in [0.25, 0.3) is 0 Å². The Balaban J connectivity index is 2.01. The maximum absolute atomic E-state index is 13.6. The summed E-state index contributed by atoms with van der Waals surface area (Å²) in [4.78, 5) is 4.13. The first-order valence-electron chi connectivity index (χ1n) is 5.74. The lowest BCUT2D eigenvalue weighted by molar-refractivity contribution is 0.508. The van der Waals surface area contributed by atoms with Crippen LogP contribution in [0.15, 0.2) is 36.5 Å². The van der Waals surface area contributed by atoms with Gasteiger partial charge in [-0.3, -0.25) is 4.98 Å². The quantitative estimate of drug-likeness (QED) is 0.918. The number of hydrogen-bond donors (Lipinski definition) is 1. The number of halogens is 2. The molecule has 2 aromatic rings. The van der Waals surface area contributed by atoms with Crippen molar-refractivity contribution in [2.24, 2.45) is 0 Å². The van der Waals surface area contributed by atoms with Gasteiger partial charge in [-0.05, 0) is 24.3 Å². The number of benzene rings is 1. The predicted octanol–water partition coefficient (Wildman–Crippen LogP) is 2.89. The third kappa shape index (κ3) is 3.05. The fourth-order valence-electron chi connectivity index (χ4n) is 1.64. The SMILES string of the molecule is N#Cc1ccc(NCCc2ccccn2)c(F)c1F. The lowest BCUT2D eigenvalue weighted by Gasteiger charge is -2.08. The van der Waals surface area contributed by atoms with Crippen molar-refractivity contribution in [1.29, 1.82) is 5.26 Å². The number of anilines is 1. The van der Waals surface area contributed by atoms with Crippen molar-refractivity contribution in [2.45, 2.75) is 6.42 Å². The highest BCUT2D eigenvalue weighted by atomic mass is 19.2. The van der Waals surface area contributed by atoms with Gasteiger partial charge in [-0.15, -0.1) is 0 Å². The number of nitriles is 1. The van der Waals surface area contributed by atoms with E-state index in [1.807, 2.05) is 18.2 Å². The summed E-state index contributed by atoms with van der Waals surface area (Å²) in [5.41, 5.74) is 0.615. The van der Waals surface area contributed by atoms with E-state index in [0.717, 1.165) is 5.69 Å². The summed E-state index contributed by atoms with van der Waals surface area (Å²) in [6.45, 7) is 0.430. The van der Waals surface area contributed by atoms with Crippen LogP contribution in [0.5, 0.6) is 0 Å². The van der Waals surface area contributed by atoms with E-state index in [9.17, 15) is 8.78 Å². The second kappa shape index (κ2) is 5.91. The van der Waals surface area contributed by atoms with Crippen LogP contribution in [-0.2, 0) is 6.42 Å². The topological polar surface area (TPSA) is 48.7 Å². The summed E-state index contributed by atoms with van der Waals surface area (Å²) in [6, 6.07) is 9.74. The normalized spacial score (nSPS) is 9.95. The molecule has 19 heavy (non-hydrogen) atoms. The Morgan fingerprint density at radius 2 is 2.00 bits per heavy atom. The maximum Gasteiger partial charge on any atom is 0.183 e. The van der Waals surface area contributed by atoms with Crippen LogP contribution in [-0.4, -0.2) is 11.5 Å². The van der Waals surface area contributed by atoms with Crippen molar-refractivity contribution in [3.05, 3.63) is 59.4 Å². The second-order valence-electron chi connectivity index (χ2n) is 3.90. The molecule has 0 saturated heterocycles. The minimum Gasteiger partial charge on any atom is -0.382 e. The van der Waals surface area contributed by atoms with Crippen LogP contribution in [0.2, 0.25) is 0 Å². The Bertz CT molecular complexity index is 606. The Hall–Kier alpha value is -2.48. The molecule has 0 radical (unpaired) electrons. The summed E-state index contributed by atoms with van der Waals surface area (Å²) in [5, 5.41) is 11.4. The molecule has 0 saturated carbocycles. The summed E-state index contributed by atoms with van der Waals surface area (Å²) >= 11 is 0. The van der Waals surface area contributed by atoms with Crippen molar-refractivity contribution in [1.82, 2.24) is 4.98 Å². The predicted molar refractivity (Wildman–Crippen MR) is 67.5 cm³/mol. The first-order chi connectivity index (χ1) is 9.22. The number of aromatic nitrogens is 1. The monoisotopic (exact) mass is 259 g/mol. The fourth-order valence-corrected chi connectivity index (χ4v) is 1.64. The molecule has 96 valence electrons. The van der Waals surface area contributed by atoms with Crippen molar-refractivity contribution in [3.63, 3.8) is 0 Å². The van der Waals surface area contributed by atoms with E-state index in [0.29, 0.717) is 13.0 Å². The van der Waals surface area contributed by atoms with Gasteiger partial charge in [-0.2, -0.15) is 5.26 Å². The van der Waals surface area contributed by atoms with E-state index in [1.54, 1.807) is 12.3 Å². The molecule has 3 nitrogen and oxygen atoms in total. The molecule has 2 rings (SSSR count). The molecule has 1 aromatic heterocycles. The summed E-state index contributed by atoms with van der Waals surface area (Å²) in [6.07, 6.45) is 2.28. The summed E-state index contributed by atoms with van der Waals surface area (Å²) in [7, 11) is 0. The first-order valence-corrected chi connectivity index (χ1v) is 5.74. The van der Waals surface area contributed by atoms with Crippen LogP contribution >= 0.6 is 0 Å². The van der Waals surface area contributed by atoms with Crippen LogP contribution in [0.1, 0.15) is 11.3 Å².